The number of rotatable bonds is 9. The minimum Gasteiger partial charge on any atom is -0.393 e. The van der Waals surface area contributed by atoms with Gasteiger partial charge < -0.3 is 14.2 Å². The molecule has 114 valence electrons. The van der Waals surface area contributed by atoms with Crippen LogP contribution in [0, 0.1) is 20.2 Å². The summed E-state index contributed by atoms with van der Waals surface area (Å²) in [5, 5.41) is 20.4. The second-order valence-electron chi connectivity index (χ2n) is 3.40. The van der Waals surface area contributed by atoms with Gasteiger partial charge in [-0.15, -0.1) is 0 Å². The second kappa shape index (κ2) is 7.99. The molecule has 0 saturated heterocycles. The predicted molar refractivity (Wildman–Crippen MR) is 60.6 cm³/mol. The topological polar surface area (TPSA) is 148 Å². The maximum atomic E-state index is 11.2. The van der Waals surface area contributed by atoms with E-state index >= 15 is 0 Å². The summed E-state index contributed by atoms with van der Waals surface area (Å²) in [5.41, 5.74) is 0. The molecule has 0 radical (unpaired) electrons. The maximum Gasteiger partial charge on any atom is 0.383 e. The molecule has 20 heavy (non-hydrogen) atoms. The maximum absolute atomic E-state index is 11.2. The van der Waals surface area contributed by atoms with E-state index in [1.807, 2.05) is 0 Å². The molecule has 0 aromatic heterocycles. The highest BCUT2D eigenvalue weighted by Crippen LogP contribution is 2.20. The Morgan fingerprint density at radius 3 is 1.65 bits per heavy atom. The van der Waals surface area contributed by atoms with E-state index in [1.165, 1.54) is 13.8 Å². The average molecular weight is 294 g/mol. The van der Waals surface area contributed by atoms with E-state index < -0.39 is 40.8 Å². The Bertz CT molecular complexity index is 365. The van der Waals surface area contributed by atoms with Gasteiger partial charge in [-0.25, -0.2) is 9.59 Å². The summed E-state index contributed by atoms with van der Waals surface area (Å²) < 4.78 is 14.2. The minimum atomic E-state index is -2.20. The second-order valence-corrected chi connectivity index (χ2v) is 3.40. The van der Waals surface area contributed by atoms with Gasteiger partial charge >= 0.3 is 17.9 Å². The number of hydrogen-bond donors (Lipinski definition) is 0. The molecule has 0 spiro atoms. The molecule has 0 amide bonds. The summed E-state index contributed by atoms with van der Waals surface area (Å²) in [6, 6.07) is 0. The monoisotopic (exact) mass is 294 g/mol. The van der Waals surface area contributed by atoms with E-state index in [-0.39, 0.29) is 13.0 Å². The Hall–Kier alpha value is -2.30. The van der Waals surface area contributed by atoms with Crippen molar-refractivity contribution < 1.29 is 33.6 Å². The van der Waals surface area contributed by atoms with E-state index in [4.69, 9.17) is 4.74 Å². The molecule has 0 aliphatic rings. The van der Waals surface area contributed by atoms with Gasteiger partial charge in [-0.05, 0) is 6.92 Å². The molecular formula is C9H14N2O9. The van der Waals surface area contributed by atoms with Crippen molar-refractivity contribution >= 4 is 11.9 Å². The zero-order valence-electron chi connectivity index (χ0n) is 10.9. The van der Waals surface area contributed by atoms with Gasteiger partial charge in [0.1, 0.15) is 0 Å². The summed E-state index contributed by atoms with van der Waals surface area (Å²) in [5.74, 6) is -4.78. The zero-order valence-corrected chi connectivity index (χ0v) is 10.9. The fourth-order valence-corrected chi connectivity index (χ4v) is 1.17. The van der Waals surface area contributed by atoms with Gasteiger partial charge in [0.05, 0.1) is 13.0 Å². The summed E-state index contributed by atoms with van der Waals surface area (Å²) in [7, 11) is 0. The molecule has 0 atom stereocenters. The van der Waals surface area contributed by atoms with Gasteiger partial charge in [0.25, 0.3) is 13.1 Å². The van der Waals surface area contributed by atoms with Gasteiger partial charge in [-0.2, -0.15) is 0 Å². The predicted octanol–water partition coefficient (Wildman–Crippen LogP) is -0.273. The SMILES string of the molecule is CCOC(CC)(OC(=O)C[N+](=O)[O-])OC(=O)C[N+](=O)[O-]. The fourth-order valence-electron chi connectivity index (χ4n) is 1.17. The highest BCUT2D eigenvalue weighted by Gasteiger charge is 2.40. The molecule has 0 heterocycles. The Balaban J connectivity index is 4.89. The van der Waals surface area contributed by atoms with Gasteiger partial charge in [0.15, 0.2) is 0 Å². The van der Waals surface area contributed by atoms with Crippen molar-refractivity contribution in [3.63, 3.8) is 0 Å². The first-order chi connectivity index (χ1) is 9.24. The molecule has 0 bridgehead atoms. The van der Waals surface area contributed by atoms with Crippen LogP contribution in [0.15, 0.2) is 0 Å². The highest BCUT2D eigenvalue weighted by molar-refractivity contribution is 5.72. The summed E-state index contributed by atoms with van der Waals surface area (Å²) >= 11 is 0. The molecular weight excluding hydrogens is 280 g/mol. The largest absolute Gasteiger partial charge is 0.393 e. The molecule has 0 saturated carbocycles. The first-order valence-corrected chi connectivity index (χ1v) is 5.56. The number of ether oxygens (including phenoxy) is 3. The van der Waals surface area contributed by atoms with Crippen LogP contribution in [0.4, 0.5) is 0 Å². The van der Waals surface area contributed by atoms with E-state index in [9.17, 15) is 29.8 Å². The van der Waals surface area contributed by atoms with E-state index in [0.29, 0.717) is 0 Å². The lowest BCUT2D eigenvalue weighted by Crippen LogP contribution is -2.44. The van der Waals surface area contributed by atoms with Crippen LogP contribution >= 0.6 is 0 Å². The van der Waals surface area contributed by atoms with Crippen LogP contribution in [0.1, 0.15) is 20.3 Å². The van der Waals surface area contributed by atoms with Crippen molar-refractivity contribution in [3.8, 4) is 0 Å². The molecule has 0 aliphatic heterocycles. The van der Waals surface area contributed by atoms with E-state index in [0.717, 1.165) is 0 Å². The quantitative estimate of drug-likeness (QED) is 0.242. The average Bonchev–Trinajstić information content (AvgIpc) is 2.26. The van der Waals surface area contributed by atoms with E-state index in [2.05, 4.69) is 9.47 Å². The van der Waals surface area contributed by atoms with Crippen LogP contribution in [0.25, 0.3) is 0 Å². The van der Waals surface area contributed by atoms with Crippen LogP contribution < -0.4 is 0 Å². The number of nitrogens with zero attached hydrogens (tertiary/aromatic N) is 2. The van der Waals surface area contributed by atoms with Crippen LogP contribution in [-0.2, 0) is 23.8 Å². The molecule has 0 aromatic carbocycles. The highest BCUT2D eigenvalue weighted by atomic mass is 16.9. The summed E-state index contributed by atoms with van der Waals surface area (Å²) in [4.78, 5) is 41.0. The van der Waals surface area contributed by atoms with Gasteiger partial charge in [0.2, 0.25) is 0 Å². The smallest absolute Gasteiger partial charge is 0.383 e. The molecule has 11 heteroatoms. The van der Waals surface area contributed by atoms with Crippen LogP contribution in [0.3, 0.4) is 0 Å². The molecule has 0 aromatic rings. The number of carbonyl (C=O) groups is 2. The Labute approximate surface area is 113 Å². The molecule has 0 unspecified atom stereocenters. The number of esters is 2. The number of carbonyl (C=O) groups excluding carboxylic acids is 2. The summed E-state index contributed by atoms with van der Waals surface area (Å²) in [6.07, 6.45) is -0.187. The number of nitro groups is 2. The third kappa shape index (κ3) is 6.58. The third-order valence-electron chi connectivity index (χ3n) is 1.85. The Morgan fingerprint density at radius 2 is 1.40 bits per heavy atom. The van der Waals surface area contributed by atoms with Crippen molar-refractivity contribution in [1.82, 2.24) is 0 Å². The first kappa shape index (κ1) is 17.7. The molecule has 11 nitrogen and oxygen atoms in total. The summed E-state index contributed by atoms with van der Waals surface area (Å²) in [6.45, 7) is 0.552. The molecule has 0 aliphatic carbocycles. The van der Waals surface area contributed by atoms with Gasteiger partial charge in [-0.1, -0.05) is 6.92 Å². The third-order valence-corrected chi connectivity index (χ3v) is 1.85. The minimum absolute atomic E-state index is 0.0503. The van der Waals surface area contributed by atoms with Crippen molar-refractivity contribution in [1.29, 1.82) is 0 Å². The standard InChI is InChI=1S/C9H14N2O9/c1-3-9(18-4-2,19-7(12)5-10(14)15)20-8(13)6-11(16)17/h3-6H2,1-2H3. The Morgan fingerprint density at radius 1 is 1.00 bits per heavy atom. The van der Waals surface area contributed by atoms with Crippen molar-refractivity contribution in [2.45, 2.75) is 26.2 Å². The zero-order chi connectivity index (χ0) is 15.8. The first-order valence-electron chi connectivity index (χ1n) is 5.56. The van der Waals surface area contributed by atoms with Crippen LogP contribution in [0.2, 0.25) is 0 Å². The normalized spacial score (nSPS) is 10.7. The van der Waals surface area contributed by atoms with Crippen LogP contribution in [0.5, 0.6) is 0 Å². The van der Waals surface area contributed by atoms with Crippen molar-refractivity contribution in [3.05, 3.63) is 20.2 Å². The number of hydrogen-bond acceptors (Lipinski definition) is 9. The van der Waals surface area contributed by atoms with Gasteiger partial charge in [0, 0.05) is 9.85 Å². The van der Waals surface area contributed by atoms with Crippen LogP contribution in [-0.4, -0.2) is 47.5 Å². The van der Waals surface area contributed by atoms with Crippen molar-refractivity contribution in [2.24, 2.45) is 0 Å². The Kier molecular flexibility index (Phi) is 7.07. The van der Waals surface area contributed by atoms with Gasteiger partial charge in [-0.3, -0.25) is 20.2 Å². The molecule has 0 rings (SSSR count). The lowest BCUT2D eigenvalue weighted by atomic mass is 10.4. The fraction of sp³-hybridized carbons (Fsp3) is 0.778. The lowest BCUT2D eigenvalue weighted by molar-refractivity contribution is -0.479. The van der Waals surface area contributed by atoms with E-state index in [1.54, 1.807) is 0 Å². The molecule has 0 N–H and O–H groups in total. The lowest BCUT2D eigenvalue weighted by Gasteiger charge is -2.29. The van der Waals surface area contributed by atoms with Crippen molar-refractivity contribution in [2.75, 3.05) is 19.7 Å². The molecule has 0 fully saturated rings.